The van der Waals surface area contributed by atoms with Gasteiger partial charge in [0.25, 0.3) is 0 Å². The van der Waals surface area contributed by atoms with Crippen LogP contribution in [0.4, 0.5) is 11.8 Å². The third-order valence-electron chi connectivity index (χ3n) is 2.07. The van der Waals surface area contributed by atoms with Gasteiger partial charge in [-0.15, -0.1) is 0 Å². The number of nitrogens with zero attached hydrogens (tertiary/aromatic N) is 2. The number of aliphatic hydroxyl groups excluding tert-OH is 1. The van der Waals surface area contributed by atoms with Gasteiger partial charge in [0.05, 0.1) is 0 Å². The summed E-state index contributed by atoms with van der Waals surface area (Å²) in [6, 6.07) is 2.13. The summed E-state index contributed by atoms with van der Waals surface area (Å²) in [5, 5.41) is 14.8. The molecule has 1 heterocycles. The molecule has 5 nitrogen and oxygen atoms in total. The van der Waals surface area contributed by atoms with Crippen molar-refractivity contribution in [3.05, 3.63) is 12.3 Å². The molecule has 0 bridgehead atoms. The van der Waals surface area contributed by atoms with Crippen molar-refractivity contribution in [2.75, 3.05) is 24.3 Å². The molecule has 0 radical (unpaired) electrons. The number of anilines is 2. The van der Waals surface area contributed by atoms with Crippen LogP contribution in [-0.4, -0.2) is 34.8 Å². The molecule has 0 aromatic carbocycles. The summed E-state index contributed by atoms with van der Waals surface area (Å²) in [7, 11) is 1.79. The van der Waals surface area contributed by atoms with Gasteiger partial charge in [-0.3, -0.25) is 0 Å². The SMILES string of the molecule is CNc1nccc(NC(C)CCCO)n1. The van der Waals surface area contributed by atoms with Gasteiger partial charge < -0.3 is 15.7 Å². The largest absolute Gasteiger partial charge is 0.396 e. The van der Waals surface area contributed by atoms with E-state index in [9.17, 15) is 0 Å². The first-order valence-corrected chi connectivity index (χ1v) is 5.14. The van der Waals surface area contributed by atoms with E-state index < -0.39 is 0 Å². The molecule has 0 fully saturated rings. The van der Waals surface area contributed by atoms with Crippen LogP contribution in [0.5, 0.6) is 0 Å². The fourth-order valence-corrected chi connectivity index (χ4v) is 1.28. The van der Waals surface area contributed by atoms with Crippen LogP contribution >= 0.6 is 0 Å². The molecular formula is C10H18N4O. The quantitative estimate of drug-likeness (QED) is 0.655. The summed E-state index contributed by atoms with van der Waals surface area (Å²) >= 11 is 0. The van der Waals surface area contributed by atoms with E-state index in [-0.39, 0.29) is 6.61 Å². The van der Waals surface area contributed by atoms with Gasteiger partial charge in [-0.25, -0.2) is 4.98 Å². The normalized spacial score (nSPS) is 12.2. The molecule has 1 unspecified atom stereocenters. The average Bonchev–Trinajstić information content (AvgIpc) is 2.26. The van der Waals surface area contributed by atoms with Crippen LogP contribution in [-0.2, 0) is 0 Å². The third-order valence-corrected chi connectivity index (χ3v) is 2.07. The Kier molecular flexibility index (Phi) is 4.83. The van der Waals surface area contributed by atoms with Crippen LogP contribution in [0.15, 0.2) is 12.3 Å². The lowest BCUT2D eigenvalue weighted by Gasteiger charge is -2.13. The first-order valence-electron chi connectivity index (χ1n) is 5.14. The van der Waals surface area contributed by atoms with Crippen molar-refractivity contribution in [3.8, 4) is 0 Å². The van der Waals surface area contributed by atoms with E-state index in [1.807, 2.05) is 6.07 Å². The van der Waals surface area contributed by atoms with E-state index in [0.29, 0.717) is 12.0 Å². The minimum atomic E-state index is 0.234. The summed E-state index contributed by atoms with van der Waals surface area (Å²) in [5.41, 5.74) is 0. The Balaban J connectivity index is 2.48. The first kappa shape index (κ1) is 11.7. The molecule has 3 N–H and O–H groups in total. The van der Waals surface area contributed by atoms with Crippen molar-refractivity contribution in [1.29, 1.82) is 0 Å². The molecule has 1 atom stereocenters. The van der Waals surface area contributed by atoms with E-state index in [4.69, 9.17) is 5.11 Å². The number of aliphatic hydroxyl groups is 1. The standard InChI is InChI=1S/C10H18N4O/c1-8(4-3-7-15)13-9-5-6-12-10(11-2)14-9/h5-6,8,15H,3-4,7H2,1-2H3,(H2,11,12,13,14). The van der Waals surface area contributed by atoms with E-state index in [2.05, 4.69) is 27.5 Å². The molecule has 0 aliphatic heterocycles. The van der Waals surface area contributed by atoms with Crippen molar-refractivity contribution in [2.24, 2.45) is 0 Å². The molecular weight excluding hydrogens is 192 g/mol. The zero-order valence-electron chi connectivity index (χ0n) is 9.20. The Morgan fingerprint density at radius 1 is 1.53 bits per heavy atom. The van der Waals surface area contributed by atoms with Gasteiger partial charge in [0, 0.05) is 25.9 Å². The zero-order chi connectivity index (χ0) is 11.1. The van der Waals surface area contributed by atoms with E-state index in [1.54, 1.807) is 13.2 Å². The number of aromatic nitrogens is 2. The highest BCUT2D eigenvalue weighted by molar-refractivity contribution is 5.39. The number of rotatable bonds is 6. The van der Waals surface area contributed by atoms with Crippen molar-refractivity contribution in [3.63, 3.8) is 0 Å². The molecule has 15 heavy (non-hydrogen) atoms. The monoisotopic (exact) mass is 210 g/mol. The molecule has 1 aromatic heterocycles. The Morgan fingerprint density at radius 3 is 3.00 bits per heavy atom. The molecule has 0 aliphatic rings. The lowest BCUT2D eigenvalue weighted by molar-refractivity contribution is 0.282. The van der Waals surface area contributed by atoms with Crippen molar-refractivity contribution in [2.45, 2.75) is 25.8 Å². The molecule has 0 amide bonds. The summed E-state index contributed by atoms with van der Waals surface area (Å²) < 4.78 is 0. The maximum Gasteiger partial charge on any atom is 0.224 e. The predicted octanol–water partition coefficient (Wildman–Crippen LogP) is 1.09. The molecule has 1 aromatic rings. The summed E-state index contributed by atoms with van der Waals surface area (Å²) in [6.07, 6.45) is 3.44. The second-order valence-corrected chi connectivity index (χ2v) is 3.43. The molecule has 0 aliphatic carbocycles. The second kappa shape index (κ2) is 6.19. The van der Waals surface area contributed by atoms with Crippen LogP contribution < -0.4 is 10.6 Å². The predicted molar refractivity (Wildman–Crippen MR) is 61.0 cm³/mol. The second-order valence-electron chi connectivity index (χ2n) is 3.43. The fourth-order valence-electron chi connectivity index (χ4n) is 1.28. The number of hydrogen-bond acceptors (Lipinski definition) is 5. The van der Waals surface area contributed by atoms with Crippen LogP contribution in [0.3, 0.4) is 0 Å². The maximum atomic E-state index is 8.70. The Morgan fingerprint density at radius 2 is 2.33 bits per heavy atom. The Labute approximate surface area is 90.0 Å². The van der Waals surface area contributed by atoms with E-state index in [0.717, 1.165) is 18.7 Å². The van der Waals surface area contributed by atoms with Crippen LogP contribution in [0, 0.1) is 0 Å². The topological polar surface area (TPSA) is 70.1 Å². The van der Waals surface area contributed by atoms with Gasteiger partial charge >= 0.3 is 0 Å². The molecule has 0 spiro atoms. The summed E-state index contributed by atoms with van der Waals surface area (Å²) in [6.45, 7) is 2.30. The van der Waals surface area contributed by atoms with Crippen molar-refractivity contribution >= 4 is 11.8 Å². The van der Waals surface area contributed by atoms with Gasteiger partial charge in [-0.05, 0) is 25.8 Å². The maximum absolute atomic E-state index is 8.70. The molecule has 0 saturated heterocycles. The molecule has 1 rings (SSSR count). The molecule has 5 heteroatoms. The van der Waals surface area contributed by atoms with Gasteiger partial charge in [0.1, 0.15) is 5.82 Å². The van der Waals surface area contributed by atoms with Gasteiger partial charge in [0.15, 0.2) is 0 Å². The van der Waals surface area contributed by atoms with Gasteiger partial charge in [-0.1, -0.05) is 0 Å². The van der Waals surface area contributed by atoms with E-state index in [1.165, 1.54) is 0 Å². The van der Waals surface area contributed by atoms with Crippen molar-refractivity contribution in [1.82, 2.24) is 9.97 Å². The highest BCUT2D eigenvalue weighted by Crippen LogP contribution is 2.08. The highest BCUT2D eigenvalue weighted by atomic mass is 16.2. The number of nitrogens with one attached hydrogen (secondary N) is 2. The minimum Gasteiger partial charge on any atom is -0.396 e. The lowest BCUT2D eigenvalue weighted by atomic mass is 10.2. The average molecular weight is 210 g/mol. The van der Waals surface area contributed by atoms with Crippen LogP contribution in [0.25, 0.3) is 0 Å². The van der Waals surface area contributed by atoms with Crippen LogP contribution in [0.1, 0.15) is 19.8 Å². The van der Waals surface area contributed by atoms with Crippen LogP contribution in [0.2, 0.25) is 0 Å². The summed E-state index contributed by atoms with van der Waals surface area (Å²) in [4.78, 5) is 8.27. The first-order chi connectivity index (χ1) is 7.26. The van der Waals surface area contributed by atoms with Gasteiger partial charge in [0.2, 0.25) is 5.95 Å². The fraction of sp³-hybridized carbons (Fsp3) is 0.600. The molecule has 0 saturated carbocycles. The Bertz CT molecular complexity index is 293. The minimum absolute atomic E-state index is 0.234. The third kappa shape index (κ3) is 4.12. The van der Waals surface area contributed by atoms with E-state index >= 15 is 0 Å². The summed E-state index contributed by atoms with van der Waals surface area (Å²) in [5.74, 6) is 1.41. The van der Waals surface area contributed by atoms with Crippen molar-refractivity contribution < 1.29 is 5.11 Å². The lowest BCUT2D eigenvalue weighted by Crippen LogP contribution is -2.16. The number of hydrogen-bond donors (Lipinski definition) is 3. The molecule has 84 valence electrons. The highest BCUT2D eigenvalue weighted by Gasteiger charge is 2.03. The van der Waals surface area contributed by atoms with Gasteiger partial charge in [-0.2, -0.15) is 4.98 Å². The zero-order valence-corrected chi connectivity index (χ0v) is 9.20. The smallest absolute Gasteiger partial charge is 0.224 e. The Hall–Kier alpha value is -1.36.